The molecular weight excluding hydrogens is 302 g/mol. The zero-order chi connectivity index (χ0) is 15.7. The maximum atomic E-state index is 12.1. The van der Waals surface area contributed by atoms with Gasteiger partial charge in [-0.3, -0.25) is 0 Å². The summed E-state index contributed by atoms with van der Waals surface area (Å²) >= 11 is 0. The van der Waals surface area contributed by atoms with Gasteiger partial charge in [-0.1, -0.05) is 6.07 Å². The summed E-state index contributed by atoms with van der Waals surface area (Å²) in [6.07, 6.45) is 0. The second kappa shape index (κ2) is 5.38. The molecule has 3 rings (SSSR count). The Balaban J connectivity index is 1.82. The number of sulfone groups is 1. The van der Waals surface area contributed by atoms with Crippen LogP contribution in [-0.2, 0) is 9.84 Å². The second-order valence-corrected chi connectivity index (χ2v) is 6.67. The number of hydrogen-bond acceptors (Lipinski definition) is 5. The summed E-state index contributed by atoms with van der Waals surface area (Å²) < 4.78 is 34.9. The van der Waals surface area contributed by atoms with Crippen molar-refractivity contribution in [2.45, 2.75) is 4.90 Å². The molecule has 2 aromatic rings. The molecule has 0 radical (unpaired) electrons. The lowest BCUT2D eigenvalue weighted by atomic mass is 10.1. The van der Waals surface area contributed by atoms with Crippen molar-refractivity contribution >= 4 is 21.1 Å². The molecule has 0 aliphatic carbocycles. The molecule has 0 unspecified atom stereocenters. The van der Waals surface area contributed by atoms with E-state index in [1.807, 2.05) is 0 Å². The van der Waals surface area contributed by atoms with Crippen LogP contribution in [0.1, 0.15) is 5.56 Å². The number of nitrogens with two attached hydrogens (primary N) is 1. The second-order valence-electron chi connectivity index (χ2n) is 4.91. The first-order valence-corrected chi connectivity index (χ1v) is 8.16. The Morgan fingerprint density at radius 3 is 2.41 bits per heavy atom. The summed E-state index contributed by atoms with van der Waals surface area (Å²) in [5.74, 6) is 1.37. The summed E-state index contributed by atoms with van der Waals surface area (Å²) in [5.41, 5.74) is 7.34. The van der Waals surface area contributed by atoms with Gasteiger partial charge in [0.05, 0.1) is 12.0 Å². The van der Waals surface area contributed by atoms with Crippen LogP contribution in [0.2, 0.25) is 0 Å². The van der Waals surface area contributed by atoms with Crippen LogP contribution in [0.4, 0.5) is 5.69 Å². The van der Waals surface area contributed by atoms with E-state index in [2.05, 4.69) is 0 Å². The van der Waals surface area contributed by atoms with Gasteiger partial charge in [-0.15, -0.1) is 0 Å². The minimum Gasteiger partial charge on any atom is -0.497 e. The molecule has 22 heavy (non-hydrogen) atoms. The van der Waals surface area contributed by atoms with Gasteiger partial charge in [0.2, 0.25) is 9.84 Å². The van der Waals surface area contributed by atoms with E-state index in [1.54, 1.807) is 43.5 Å². The highest BCUT2D eigenvalue weighted by Gasteiger charge is 2.27. The molecule has 0 fully saturated rings. The Bertz CT molecular complexity index is 839. The third kappa shape index (κ3) is 2.65. The van der Waals surface area contributed by atoms with Gasteiger partial charge in [-0.2, -0.15) is 0 Å². The maximum absolute atomic E-state index is 12.1. The van der Waals surface area contributed by atoms with Crippen LogP contribution in [0.5, 0.6) is 11.5 Å². The van der Waals surface area contributed by atoms with Crippen LogP contribution in [0.3, 0.4) is 0 Å². The molecular formula is C16H15NO4S. The van der Waals surface area contributed by atoms with Crippen LogP contribution in [0.15, 0.2) is 52.8 Å². The number of methoxy groups -OCH3 is 1. The molecule has 0 atom stereocenters. The normalized spacial score (nSPS) is 15.0. The Morgan fingerprint density at radius 2 is 1.73 bits per heavy atom. The fourth-order valence-electron chi connectivity index (χ4n) is 2.30. The molecule has 0 aromatic heterocycles. The van der Waals surface area contributed by atoms with Crippen LogP contribution in [-0.4, -0.2) is 22.1 Å². The van der Waals surface area contributed by atoms with Gasteiger partial charge in [0.25, 0.3) is 0 Å². The summed E-state index contributed by atoms with van der Waals surface area (Å²) in [5, 5.41) is 1.24. The third-order valence-electron chi connectivity index (χ3n) is 3.41. The Kier molecular flexibility index (Phi) is 3.54. The average Bonchev–Trinajstić information content (AvgIpc) is 2.76. The molecule has 0 amide bonds. The largest absolute Gasteiger partial charge is 0.497 e. The van der Waals surface area contributed by atoms with E-state index >= 15 is 0 Å². The number of nitrogen functional groups attached to an aromatic ring is 1. The summed E-state index contributed by atoms with van der Waals surface area (Å²) in [6.45, 7) is 0.169. The highest BCUT2D eigenvalue weighted by Crippen LogP contribution is 2.35. The third-order valence-corrected chi connectivity index (χ3v) is 4.95. The predicted octanol–water partition coefficient (Wildman–Crippen LogP) is 2.48. The van der Waals surface area contributed by atoms with Crippen LogP contribution in [0, 0.1) is 0 Å². The van der Waals surface area contributed by atoms with E-state index in [9.17, 15) is 8.42 Å². The van der Waals surface area contributed by atoms with E-state index in [1.165, 1.54) is 11.5 Å². The first-order chi connectivity index (χ1) is 10.5. The maximum Gasteiger partial charge on any atom is 0.200 e. The van der Waals surface area contributed by atoms with Crippen molar-refractivity contribution in [1.29, 1.82) is 0 Å². The predicted molar refractivity (Wildman–Crippen MR) is 84.5 cm³/mol. The van der Waals surface area contributed by atoms with Crippen molar-refractivity contribution in [3.8, 4) is 11.5 Å². The number of fused-ring (bicyclic) bond motifs is 1. The Labute approximate surface area is 128 Å². The van der Waals surface area contributed by atoms with Crippen molar-refractivity contribution < 1.29 is 17.9 Å². The van der Waals surface area contributed by atoms with Gasteiger partial charge >= 0.3 is 0 Å². The number of anilines is 1. The fourth-order valence-corrected chi connectivity index (χ4v) is 3.80. The number of ether oxygens (including phenoxy) is 2. The molecule has 0 saturated heterocycles. The van der Waals surface area contributed by atoms with Crippen molar-refractivity contribution in [2.75, 3.05) is 19.5 Å². The van der Waals surface area contributed by atoms with Crippen molar-refractivity contribution in [3.63, 3.8) is 0 Å². The van der Waals surface area contributed by atoms with Gasteiger partial charge in [0, 0.05) is 22.2 Å². The van der Waals surface area contributed by atoms with E-state index < -0.39 is 9.84 Å². The molecule has 1 heterocycles. The van der Waals surface area contributed by atoms with E-state index in [0.717, 1.165) is 5.75 Å². The summed E-state index contributed by atoms with van der Waals surface area (Å²) in [4.78, 5) is 0.237. The molecule has 0 saturated carbocycles. The monoisotopic (exact) mass is 317 g/mol. The van der Waals surface area contributed by atoms with Crippen molar-refractivity contribution in [3.05, 3.63) is 53.4 Å². The lowest BCUT2D eigenvalue weighted by molar-refractivity contribution is 0.367. The first kappa shape index (κ1) is 14.5. The molecule has 5 nitrogen and oxygen atoms in total. The molecule has 1 aliphatic rings. The van der Waals surface area contributed by atoms with E-state index in [4.69, 9.17) is 15.2 Å². The topological polar surface area (TPSA) is 78.6 Å². The molecule has 1 aliphatic heterocycles. The smallest absolute Gasteiger partial charge is 0.200 e. The van der Waals surface area contributed by atoms with Gasteiger partial charge in [-0.25, -0.2) is 8.42 Å². The van der Waals surface area contributed by atoms with Gasteiger partial charge in [-0.05, 0) is 36.4 Å². The number of rotatable bonds is 4. The number of hydrogen-bond donors (Lipinski definition) is 1. The van der Waals surface area contributed by atoms with Gasteiger partial charge in [0.1, 0.15) is 18.1 Å². The zero-order valence-electron chi connectivity index (χ0n) is 11.9. The standard InChI is InChI=1S/C16H15NO4S/c1-20-13-3-5-14(6-4-13)21-9-11-10-22(18,19)16-8-12(17)2-7-15(11)16/h2-8,10H,9,17H2,1H3. The first-order valence-electron chi connectivity index (χ1n) is 6.62. The molecule has 6 heteroatoms. The summed E-state index contributed by atoms with van der Waals surface area (Å²) in [7, 11) is -1.84. The lowest BCUT2D eigenvalue weighted by Crippen LogP contribution is -2.00. The average molecular weight is 317 g/mol. The van der Waals surface area contributed by atoms with Crippen LogP contribution in [0.25, 0.3) is 5.57 Å². The molecule has 2 aromatic carbocycles. The molecule has 0 spiro atoms. The quantitative estimate of drug-likeness (QED) is 0.877. The van der Waals surface area contributed by atoms with Crippen LogP contribution >= 0.6 is 0 Å². The lowest BCUT2D eigenvalue weighted by Gasteiger charge is -2.09. The van der Waals surface area contributed by atoms with Gasteiger partial charge < -0.3 is 15.2 Å². The van der Waals surface area contributed by atoms with Crippen LogP contribution < -0.4 is 15.2 Å². The minimum absolute atomic E-state index is 0.169. The molecule has 114 valence electrons. The molecule has 2 N–H and O–H groups in total. The molecule has 0 bridgehead atoms. The van der Waals surface area contributed by atoms with Crippen molar-refractivity contribution in [1.82, 2.24) is 0 Å². The fraction of sp³-hybridized carbons (Fsp3) is 0.125. The highest BCUT2D eigenvalue weighted by atomic mass is 32.2. The Hall–Kier alpha value is -2.47. The minimum atomic E-state index is -3.43. The Morgan fingerprint density at radius 1 is 1.05 bits per heavy atom. The SMILES string of the molecule is COc1ccc(OCC2=CS(=O)(=O)c3cc(N)ccc32)cc1. The van der Waals surface area contributed by atoms with E-state index in [0.29, 0.717) is 22.6 Å². The van der Waals surface area contributed by atoms with E-state index in [-0.39, 0.29) is 11.5 Å². The highest BCUT2D eigenvalue weighted by molar-refractivity contribution is 7.95. The zero-order valence-corrected chi connectivity index (χ0v) is 12.8. The van der Waals surface area contributed by atoms with Crippen molar-refractivity contribution in [2.24, 2.45) is 0 Å². The number of benzene rings is 2. The van der Waals surface area contributed by atoms with Gasteiger partial charge in [0.15, 0.2) is 0 Å². The summed E-state index contributed by atoms with van der Waals surface area (Å²) in [6, 6.07) is 12.0.